The largest absolute Gasteiger partial charge is 0.455 e. The van der Waals surface area contributed by atoms with Crippen molar-refractivity contribution in [2.45, 2.75) is 26.8 Å². The molecule has 1 aromatic heterocycles. The summed E-state index contributed by atoms with van der Waals surface area (Å²) in [5.41, 5.74) is 3.56. The third-order valence-electron chi connectivity index (χ3n) is 6.09. The first kappa shape index (κ1) is 29.9. The van der Waals surface area contributed by atoms with E-state index >= 15 is 0 Å². The summed E-state index contributed by atoms with van der Waals surface area (Å²) in [5.74, 6) is 0.496. The standard InChI is InChI=1S/C18H18N2O.C13H12N2O5S/c1-12(2)20-16-11-13(3)9-10-15(16)17(19-18(20)21)14-7-5-4-6-8-14;1-21(18,19)14-12-8-7-10(15(16)17)9-13(12)20-11-5-3-2-4-6-11/h4-12H,1-3H3;2-9,14H,1H3. The molecule has 0 saturated heterocycles. The van der Waals surface area contributed by atoms with Crippen LogP contribution in [0.1, 0.15) is 25.5 Å². The molecule has 42 heavy (non-hydrogen) atoms. The number of non-ortho nitro benzene ring substituents is 1. The van der Waals surface area contributed by atoms with Gasteiger partial charge in [0.15, 0.2) is 5.75 Å². The predicted octanol–water partition coefficient (Wildman–Crippen LogP) is 6.71. The average molecular weight is 587 g/mol. The second-order valence-electron chi connectivity index (χ2n) is 9.82. The summed E-state index contributed by atoms with van der Waals surface area (Å²) in [4.78, 5) is 27.0. The molecular weight excluding hydrogens is 556 g/mol. The Morgan fingerprint density at radius 3 is 2.17 bits per heavy atom. The van der Waals surface area contributed by atoms with Gasteiger partial charge in [0.05, 0.1) is 34.1 Å². The predicted molar refractivity (Wildman–Crippen MR) is 165 cm³/mol. The number of hydrogen-bond donors (Lipinski definition) is 1. The summed E-state index contributed by atoms with van der Waals surface area (Å²) in [7, 11) is -3.52. The highest BCUT2D eigenvalue weighted by molar-refractivity contribution is 7.92. The number of rotatable bonds is 7. The molecule has 0 aliphatic rings. The zero-order valence-corrected chi connectivity index (χ0v) is 24.3. The maximum absolute atomic E-state index is 12.4. The van der Waals surface area contributed by atoms with E-state index in [-0.39, 0.29) is 28.9 Å². The van der Waals surface area contributed by atoms with Gasteiger partial charge in [0.2, 0.25) is 10.0 Å². The minimum absolute atomic E-state index is 0.0563. The van der Waals surface area contributed by atoms with Gasteiger partial charge in [-0.25, -0.2) is 13.2 Å². The smallest absolute Gasteiger partial charge is 0.348 e. The zero-order valence-electron chi connectivity index (χ0n) is 23.5. The quantitative estimate of drug-likeness (QED) is 0.165. The molecular formula is C31H30N4O6S. The summed E-state index contributed by atoms with van der Waals surface area (Å²) in [6.45, 7) is 6.05. The Bertz CT molecular complexity index is 1890. The maximum Gasteiger partial charge on any atom is 0.348 e. The van der Waals surface area contributed by atoms with Gasteiger partial charge in [-0.05, 0) is 50.6 Å². The highest BCUT2D eigenvalue weighted by Crippen LogP contribution is 2.33. The van der Waals surface area contributed by atoms with Crippen molar-refractivity contribution in [2.75, 3.05) is 11.0 Å². The molecule has 0 unspecified atom stereocenters. The Kier molecular flexibility index (Phi) is 9.02. The van der Waals surface area contributed by atoms with Gasteiger partial charge in [0.1, 0.15) is 5.75 Å². The molecule has 1 heterocycles. The van der Waals surface area contributed by atoms with Crippen LogP contribution < -0.4 is 15.1 Å². The first-order chi connectivity index (χ1) is 19.9. The Hall–Kier alpha value is -5.03. The van der Waals surface area contributed by atoms with E-state index in [2.05, 4.69) is 27.9 Å². The molecule has 11 heteroatoms. The summed E-state index contributed by atoms with van der Waals surface area (Å²) >= 11 is 0. The van der Waals surface area contributed by atoms with Gasteiger partial charge in [0.25, 0.3) is 5.69 Å². The summed E-state index contributed by atoms with van der Waals surface area (Å²) in [6, 6.07) is 28.3. The van der Waals surface area contributed by atoms with Crippen molar-refractivity contribution in [1.29, 1.82) is 0 Å². The van der Waals surface area contributed by atoms with E-state index in [0.29, 0.717) is 5.75 Å². The van der Waals surface area contributed by atoms with Crippen molar-refractivity contribution < 1.29 is 18.1 Å². The highest BCUT2D eigenvalue weighted by Gasteiger charge is 2.16. The number of nitrogens with zero attached hydrogens (tertiary/aromatic N) is 3. The van der Waals surface area contributed by atoms with E-state index in [1.807, 2.05) is 51.1 Å². The van der Waals surface area contributed by atoms with Crippen molar-refractivity contribution in [1.82, 2.24) is 9.55 Å². The summed E-state index contributed by atoms with van der Waals surface area (Å²) in [5, 5.41) is 11.8. The van der Waals surface area contributed by atoms with E-state index in [0.717, 1.165) is 34.0 Å². The molecule has 0 amide bonds. The van der Waals surface area contributed by atoms with Crippen molar-refractivity contribution in [3.63, 3.8) is 0 Å². The van der Waals surface area contributed by atoms with Gasteiger partial charge in [-0.2, -0.15) is 4.98 Å². The Balaban J connectivity index is 0.000000193. The number of nitro benzene ring substituents is 1. The second-order valence-corrected chi connectivity index (χ2v) is 11.6. The van der Waals surface area contributed by atoms with Crippen LogP contribution in [0, 0.1) is 17.0 Å². The molecule has 5 aromatic rings. The van der Waals surface area contributed by atoms with Gasteiger partial charge in [-0.15, -0.1) is 0 Å². The molecule has 4 aromatic carbocycles. The number of hydrogen-bond acceptors (Lipinski definition) is 7. The number of fused-ring (bicyclic) bond motifs is 1. The number of nitro groups is 1. The minimum Gasteiger partial charge on any atom is -0.455 e. The summed E-state index contributed by atoms with van der Waals surface area (Å²) in [6.07, 6.45) is 0.987. The molecule has 5 rings (SSSR count). The number of ether oxygens (including phenoxy) is 1. The lowest BCUT2D eigenvalue weighted by atomic mass is 10.0. The lowest BCUT2D eigenvalue weighted by Crippen LogP contribution is -2.25. The van der Waals surface area contributed by atoms with Crippen molar-refractivity contribution in [3.05, 3.63) is 123 Å². The lowest BCUT2D eigenvalue weighted by molar-refractivity contribution is -0.384. The third kappa shape index (κ3) is 7.38. The summed E-state index contributed by atoms with van der Waals surface area (Å²) < 4.78 is 32.2. The number of anilines is 1. The van der Waals surface area contributed by atoms with Crippen LogP contribution in [-0.2, 0) is 10.0 Å². The number of para-hydroxylation sites is 1. The van der Waals surface area contributed by atoms with Crippen LogP contribution in [0.25, 0.3) is 22.2 Å². The van der Waals surface area contributed by atoms with Gasteiger partial charge in [-0.3, -0.25) is 19.4 Å². The molecule has 1 N–H and O–H groups in total. The van der Waals surface area contributed by atoms with Crippen molar-refractivity contribution in [3.8, 4) is 22.8 Å². The Morgan fingerprint density at radius 1 is 0.929 bits per heavy atom. The van der Waals surface area contributed by atoms with Crippen LogP contribution in [0.5, 0.6) is 11.5 Å². The van der Waals surface area contributed by atoms with Crippen LogP contribution in [0.2, 0.25) is 0 Å². The maximum atomic E-state index is 12.4. The number of aromatic nitrogens is 2. The van der Waals surface area contributed by atoms with Crippen molar-refractivity contribution >= 4 is 32.3 Å². The monoisotopic (exact) mass is 586 g/mol. The Morgan fingerprint density at radius 2 is 1.57 bits per heavy atom. The first-order valence-corrected chi connectivity index (χ1v) is 14.9. The first-order valence-electron chi connectivity index (χ1n) is 13.0. The zero-order chi connectivity index (χ0) is 30.4. The van der Waals surface area contributed by atoms with Crippen LogP contribution in [0.3, 0.4) is 0 Å². The number of benzene rings is 4. The van der Waals surface area contributed by atoms with Gasteiger partial charge in [-0.1, -0.05) is 60.7 Å². The van der Waals surface area contributed by atoms with Gasteiger partial charge in [0, 0.05) is 23.1 Å². The normalized spacial score (nSPS) is 11.1. The average Bonchev–Trinajstić information content (AvgIpc) is 2.93. The minimum atomic E-state index is -3.52. The molecule has 0 radical (unpaired) electrons. The van der Waals surface area contributed by atoms with Crippen molar-refractivity contribution in [2.24, 2.45) is 0 Å². The van der Waals surface area contributed by atoms with Crippen LogP contribution in [-0.4, -0.2) is 29.1 Å². The molecule has 10 nitrogen and oxygen atoms in total. The fourth-order valence-corrected chi connectivity index (χ4v) is 4.85. The van der Waals surface area contributed by atoms with E-state index in [1.54, 1.807) is 34.9 Å². The van der Waals surface area contributed by atoms with E-state index in [1.165, 1.54) is 18.2 Å². The number of nitrogens with one attached hydrogen (secondary N) is 1. The van der Waals surface area contributed by atoms with Gasteiger partial charge < -0.3 is 4.74 Å². The van der Waals surface area contributed by atoms with Crippen LogP contribution in [0.4, 0.5) is 11.4 Å². The SMILES string of the molecule is CS(=O)(=O)Nc1ccc([N+](=O)[O-])cc1Oc1ccccc1.Cc1ccc2c(-c3ccccc3)nc(=O)n(C(C)C)c2c1. The molecule has 0 aliphatic heterocycles. The van der Waals surface area contributed by atoms with Gasteiger partial charge >= 0.3 is 5.69 Å². The number of sulfonamides is 1. The lowest BCUT2D eigenvalue weighted by Gasteiger charge is -2.16. The molecule has 0 aliphatic carbocycles. The van der Waals surface area contributed by atoms with E-state index in [9.17, 15) is 23.3 Å². The molecule has 0 bridgehead atoms. The van der Waals surface area contributed by atoms with Crippen LogP contribution >= 0.6 is 0 Å². The topological polar surface area (TPSA) is 133 Å². The highest BCUT2D eigenvalue weighted by atomic mass is 32.2. The third-order valence-corrected chi connectivity index (χ3v) is 6.68. The molecule has 216 valence electrons. The van der Waals surface area contributed by atoms with Crippen LogP contribution in [0.15, 0.2) is 102 Å². The Labute approximate surface area is 243 Å². The molecule has 0 atom stereocenters. The molecule has 0 fully saturated rings. The fourth-order valence-electron chi connectivity index (χ4n) is 4.28. The second kappa shape index (κ2) is 12.6. The molecule has 0 saturated carbocycles. The number of aryl methyl sites for hydroxylation is 1. The molecule has 0 spiro atoms. The van der Waals surface area contributed by atoms with E-state index in [4.69, 9.17) is 4.74 Å². The fraction of sp³-hybridized carbons (Fsp3) is 0.161. The van der Waals surface area contributed by atoms with E-state index < -0.39 is 14.9 Å².